The molecule has 0 radical (unpaired) electrons. The molecule has 1 aliphatic rings. The summed E-state index contributed by atoms with van der Waals surface area (Å²) >= 11 is 0. The standard InChI is InChI=1S/C12H20N4O/c1-9-11(10(2)15-14-9)7-13-8-12(17)16-5-3-4-6-16/h13H,3-8H2,1-2H3,(H,14,15). The van der Waals surface area contributed by atoms with Crippen LogP contribution < -0.4 is 5.32 Å². The van der Waals surface area contributed by atoms with Gasteiger partial charge in [-0.3, -0.25) is 9.89 Å². The largest absolute Gasteiger partial charge is 0.342 e. The monoisotopic (exact) mass is 236 g/mol. The number of likely N-dealkylation sites (tertiary alicyclic amines) is 1. The lowest BCUT2D eigenvalue weighted by Crippen LogP contribution is -2.36. The van der Waals surface area contributed by atoms with Crippen LogP contribution in [0.3, 0.4) is 0 Å². The van der Waals surface area contributed by atoms with Crippen molar-refractivity contribution in [1.29, 1.82) is 0 Å². The Balaban J connectivity index is 1.77. The molecule has 0 spiro atoms. The quantitative estimate of drug-likeness (QED) is 0.810. The van der Waals surface area contributed by atoms with E-state index in [9.17, 15) is 4.79 Å². The van der Waals surface area contributed by atoms with Gasteiger partial charge in [-0.05, 0) is 26.7 Å². The van der Waals surface area contributed by atoms with E-state index < -0.39 is 0 Å². The van der Waals surface area contributed by atoms with E-state index >= 15 is 0 Å². The maximum atomic E-state index is 11.8. The zero-order valence-electron chi connectivity index (χ0n) is 10.5. The first-order valence-corrected chi connectivity index (χ1v) is 6.17. The van der Waals surface area contributed by atoms with Crippen LogP contribution in [0, 0.1) is 13.8 Å². The Labute approximate surface area is 102 Å². The summed E-state index contributed by atoms with van der Waals surface area (Å²) in [6, 6.07) is 0. The molecule has 1 amide bonds. The number of nitrogens with one attached hydrogen (secondary N) is 2. The number of nitrogens with zero attached hydrogens (tertiary/aromatic N) is 2. The van der Waals surface area contributed by atoms with Crippen LogP contribution in [0.1, 0.15) is 29.8 Å². The van der Waals surface area contributed by atoms with Crippen molar-refractivity contribution in [1.82, 2.24) is 20.4 Å². The van der Waals surface area contributed by atoms with Crippen molar-refractivity contribution in [3.63, 3.8) is 0 Å². The van der Waals surface area contributed by atoms with Crippen molar-refractivity contribution >= 4 is 5.91 Å². The zero-order chi connectivity index (χ0) is 12.3. The van der Waals surface area contributed by atoms with Crippen LogP contribution in [0.25, 0.3) is 0 Å². The van der Waals surface area contributed by atoms with Crippen molar-refractivity contribution in [3.05, 3.63) is 17.0 Å². The Morgan fingerprint density at radius 1 is 1.41 bits per heavy atom. The van der Waals surface area contributed by atoms with Gasteiger partial charge in [-0.15, -0.1) is 0 Å². The number of carbonyl (C=O) groups excluding carboxylic acids is 1. The second-order valence-corrected chi connectivity index (χ2v) is 4.60. The van der Waals surface area contributed by atoms with Gasteiger partial charge in [-0.2, -0.15) is 5.10 Å². The van der Waals surface area contributed by atoms with Crippen LogP contribution in [0.4, 0.5) is 0 Å². The normalized spacial score (nSPS) is 15.5. The molecule has 17 heavy (non-hydrogen) atoms. The number of aromatic amines is 1. The van der Waals surface area contributed by atoms with Gasteiger partial charge in [0, 0.05) is 30.9 Å². The molecule has 0 bridgehead atoms. The summed E-state index contributed by atoms with van der Waals surface area (Å²) in [6.07, 6.45) is 2.29. The molecule has 1 aliphatic heterocycles. The van der Waals surface area contributed by atoms with Gasteiger partial charge in [0.05, 0.1) is 12.2 Å². The number of aromatic nitrogens is 2. The number of aryl methyl sites for hydroxylation is 2. The average Bonchev–Trinajstić information content (AvgIpc) is 2.93. The minimum Gasteiger partial charge on any atom is -0.342 e. The fourth-order valence-corrected chi connectivity index (χ4v) is 2.21. The molecule has 2 heterocycles. The first kappa shape index (κ1) is 12.1. The van der Waals surface area contributed by atoms with Gasteiger partial charge in [0.2, 0.25) is 5.91 Å². The van der Waals surface area contributed by atoms with Gasteiger partial charge in [-0.25, -0.2) is 0 Å². The van der Waals surface area contributed by atoms with Crippen molar-refractivity contribution < 1.29 is 4.79 Å². The lowest BCUT2D eigenvalue weighted by molar-refractivity contribution is -0.129. The molecular formula is C12H20N4O. The van der Waals surface area contributed by atoms with Crippen LogP contribution in [-0.2, 0) is 11.3 Å². The fourth-order valence-electron chi connectivity index (χ4n) is 2.21. The summed E-state index contributed by atoms with van der Waals surface area (Å²) in [5.41, 5.74) is 3.24. The van der Waals surface area contributed by atoms with E-state index in [1.165, 1.54) is 5.56 Å². The zero-order valence-corrected chi connectivity index (χ0v) is 10.5. The van der Waals surface area contributed by atoms with Crippen LogP contribution in [0.15, 0.2) is 0 Å². The lowest BCUT2D eigenvalue weighted by Gasteiger charge is -2.15. The van der Waals surface area contributed by atoms with E-state index in [2.05, 4.69) is 15.5 Å². The minimum atomic E-state index is 0.210. The van der Waals surface area contributed by atoms with Gasteiger partial charge in [0.25, 0.3) is 0 Å². The second kappa shape index (κ2) is 5.31. The number of rotatable bonds is 4. The summed E-state index contributed by atoms with van der Waals surface area (Å²) in [5.74, 6) is 0.210. The second-order valence-electron chi connectivity index (χ2n) is 4.60. The number of amides is 1. The SMILES string of the molecule is Cc1n[nH]c(C)c1CNCC(=O)N1CCCC1. The van der Waals surface area contributed by atoms with Gasteiger partial charge in [-0.1, -0.05) is 0 Å². The third kappa shape index (κ3) is 2.85. The van der Waals surface area contributed by atoms with Crippen molar-refractivity contribution in [3.8, 4) is 0 Å². The highest BCUT2D eigenvalue weighted by molar-refractivity contribution is 5.78. The summed E-state index contributed by atoms with van der Waals surface area (Å²) < 4.78 is 0. The first-order chi connectivity index (χ1) is 8.18. The summed E-state index contributed by atoms with van der Waals surface area (Å²) in [4.78, 5) is 13.7. The fraction of sp³-hybridized carbons (Fsp3) is 0.667. The molecule has 2 rings (SSSR count). The summed E-state index contributed by atoms with van der Waals surface area (Å²) in [5, 5.41) is 10.3. The Bertz CT molecular complexity index is 374. The van der Waals surface area contributed by atoms with Gasteiger partial charge in [0.15, 0.2) is 0 Å². The van der Waals surface area contributed by atoms with Crippen molar-refractivity contribution in [2.45, 2.75) is 33.2 Å². The summed E-state index contributed by atoms with van der Waals surface area (Å²) in [7, 11) is 0. The molecule has 0 aliphatic carbocycles. The van der Waals surface area contributed by atoms with Gasteiger partial charge in [0.1, 0.15) is 0 Å². The maximum Gasteiger partial charge on any atom is 0.236 e. The van der Waals surface area contributed by atoms with E-state index in [-0.39, 0.29) is 5.91 Å². The van der Waals surface area contributed by atoms with Crippen LogP contribution in [0.2, 0.25) is 0 Å². The van der Waals surface area contributed by atoms with Crippen LogP contribution in [-0.4, -0.2) is 40.6 Å². The number of hydrogen-bond donors (Lipinski definition) is 2. The Morgan fingerprint density at radius 2 is 2.12 bits per heavy atom. The molecule has 5 nitrogen and oxygen atoms in total. The third-order valence-corrected chi connectivity index (χ3v) is 3.32. The van der Waals surface area contributed by atoms with E-state index in [1.54, 1.807) is 0 Å². The Morgan fingerprint density at radius 3 is 2.71 bits per heavy atom. The predicted octanol–water partition coefficient (Wildman–Crippen LogP) is 0.739. The van der Waals surface area contributed by atoms with Crippen LogP contribution in [0.5, 0.6) is 0 Å². The average molecular weight is 236 g/mol. The van der Waals surface area contributed by atoms with E-state index in [0.717, 1.165) is 37.3 Å². The predicted molar refractivity (Wildman–Crippen MR) is 65.6 cm³/mol. The Hall–Kier alpha value is -1.36. The molecule has 0 aromatic carbocycles. The molecule has 94 valence electrons. The van der Waals surface area contributed by atoms with Crippen LogP contribution >= 0.6 is 0 Å². The lowest BCUT2D eigenvalue weighted by atomic mass is 10.2. The number of hydrogen-bond acceptors (Lipinski definition) is 3. The Kier molecular flexibility index (Phi) is 3.78. The molecule has 0 saturated carbocycles. The molecule has 0 atom stereocenters. The first-order valence-electron chi connectivity index (χ1n) is 6.17. The highest BCUT2D eigenvalue weighted by Crippen LogP contribution is 2.09. The van der Waals surface area contributed by atoms with Gasteiger partial charge < -0.3 is 10.2 Å². The number of carbonyl (C=O) groups is 1. The molecular weight excluding hydrogens is 216 g/mol. The maximum absolute atomic E-state index is 11.8. The number of H-pyrrole nitrogens is 1. The molecule has 5 heteroatoms. The van der Waals surface area contributed by atoms with Crippen molar-refractivity contribution in [2.75, 3.05) is 19.6 Å². The van der Waals surface area contributed by atoms with Gasteiger partial charge >= 0.3 is 0 Å². The molecule has 2 N–H and O–H groups in total. The van der Waals surface area contributed by atoms with E-state index in [4.69, 9.17) is 0 Å². The smallest absolute Gasteiger partial charge is 0.236 e. The molecule has 1 aromatic heterocycles. The molecule has 1 fully saturated rings. The summed E-state index contributed by atoms with van der Waals surface area (Å²) in [6.45, 7) is 6.94. The topological polar surface area (TPSA) is 61.0 Å². The molecule has 0 unspecified atom stereocenters. The highest BCUT2D eigenvalue weighted by atomic mass is 16.2. The van der Waals surface area contributed by atoms with E-state index in [1.807, 2.05) is 18.7 Å². The molecule has 1 aromatic rings. The molecule has 1 saturated heterocycles. The minimum absolute atomic E-state index is 0.210. The third-order valence-electron chi connectivity index (χ3n) is 3.32. The van der Waals surface area contributed by atoms with E-state index in [0.29, 0.717) is 13.1 Å². The van der Waals surface area contributed by atoms with Crippen molar-refractivity contribution in [2.24, 2.45) is 0 Å². The highest BCUT2D eigenvalue weighted by Gasteiger charge is 2.17.